The number of fused-ring (bicyclic) bond motifs is 1. The fourth-order valence-corrected chi connectivity index (χ4v) is 3.04. The van der Waals surface area contributed by atoms with Gasteiger partial charge in [0.2, 0.25) is 11.8 Å². The minimum absolute atomic E-state index is 0.618. The number of nitrogens with zero attached hydrogens (tertiary/aromatic N) is 7. The largest absolute Gasteiger partial charge is 0.424 e. The van der Waals surface area contributed by atoms with E-state index in [2.05, 4.69) is 38.0 Å². The highest BCUT2D eigenvalue weighted by atomic mass is 16.4. The van der Waals surface area contributed by atoms with E-state index in [0.717, 1.165) is 49.0 Å². The summed E-state index contributed by atoms with van der Waals surface area (Å²) in [5.74, 6) is 2.30. The number of imidazole rings is 1. The molecule has 0 aromatic carbocycles. The highest BCUT2D eigenvalue weighted by molar-refractivity contribution is 5.48. The molecular weight excluding hydrogens is 306 g/mol. The average molecular weight is 327 g/mol. The molecule has 8 nitrogen and oxygen atoms in total. The molecule has 24 heavy (non-hydrogen) atoms. The van der Waals surface area contributed by atoms with Crippen molar-refractivity contribution in [1.29, 1.82) is 0 Å². The van der Waals surface area contributed by atoms with Gasteiger partial charge in [-0.2, -0.15) is 0 Å². The van der Waals surface area contributed by atoms with Gasteiger partial charge in [0.1, 0.15) is 5.82 Å². The first-order valence-corrected chi connectivity index (χ1v) is 8.19. The van der Waals surface area contributed by atoms with Gasteiger partial charge in [0.05, 0.1) is 17.9 Å². The number of hydrogen-bond acceptors (Lipinski definition) is 7. The van der Waals surface area contributed by atoms with Crippen LogP contribution in [0.1, 0.15) is 23.2 Å². The lowest BCUT2D eigenvalue weighted by molar-refractivity contribution is 0.224. The monoisotopic (exact) mass is 327 g/mol. The molecule has 0 spiro atoms. The van der Waals surface area contributed by atoms with E-state index in [1.54, 1.807) is 0 Å². The van der Waals surface area contributed by atoms with Crippen LogP contribution < -0.4 is 4.90 Å². The smallest absolute Gasteiger partial charge is 0.230 e. The van der Waals surface area contributed by atoms with Crippen LogP contribution in [-0.2, 0) is 6.54 Å². The van der Waals surface area contributed by atoms with Gasteiger partial charge in [0, 0.05) is 33.1 Å². The summed E-state index contributed by atoms with van der Waals surface area (Å²) in [4.78, 5) is 9.15. The Hall–Kier alpha value is -2.48. The Bertz CT molecular complexity index is 861. The van der Waals surface area contributed by atoms with Gasteiger partial charge in [-0.25, -0.2) is 9.50 Å². The number of anilines is 1. The fraction of sp³-hybridized carbons (Fsp3) is 0.500. The lowest BCUT2D eigenvalue weighted by atomic mass is 10.3. The molecule has 0 radical (unpaired) electrons. The molecular formula is C16H21N7O. The summed E-state index contributed by atoms with van der Waals surface area (Å²) < 4.78 is 7.39. The second-order valence-corrected chi connectivity index (χ2v) is 6.22. The number of hydrogen-bond donors (Lipinski definition) is 0. The molecule has 3 aromatic heterocycles. The summed E-state index contributed by atoms with van der Waals surface area (Å²) in [5.41, 5.74) is 3.02. The van der Waals surface area contributed by atoms with Gasteiger partial charge >= 0.3 is 0 Å². The Kier molecular flexibility index (Phi) is 3.68. The van der Waals surface area contributed by atoms with Crippen LogP contribution in [0.15, 0.2) is 16.5 Å². The first kappa shape index (κ1) is 15.1. The maximum atomic E-state index is 5.46. The van der Waals surface area contributed by atoms with E-state index in [1.807, 2.05) is 24.4 Å². The summed E-state index contributed by atoms with van der Waals surface area (Å²) in [6.07, 6.45) is 0. The van der Waals surface area contributed by atoms with Gasteiger partial charge in [-0.15, -0.1) is 15.3 Å². The van der Waals surface area contributed by atoms with Crippen LogP contribution in [0.25, 0.3) is 5.65 Å². The molecule has 0 saturated carbocycles. The van der Waals surface area contributed by atoms with Crippen LogP contribution in [0.4, 0.5) is 5.82 Å². The lowest BCUT2D eigenvalue weighted by Crippen LogP contribution is -2.46. The van der Waals surface area contributed by atoms with Crippen molar-refractivity contribution in [2.24, 2.45) is 0 Å². The molecule has 3 aromatic rings. The van der Waals surface area contributed by atoms with E-state index in [-0.39, 0.29) is 0 Å². The fourth-order valence-electron chi connectivity index (χ4n) is 3.04. The number of rotatable bonds is 3. The van der Waals surface area contributed by atoms with Gasteiger partial charge in [-0.05, 0) is 26.0 Å². The molecule has 4 heterocycles. The molecule has 1 saturated heterocycles. The minimum Gasteiger partial charge on any atom is -0.424 e. The predicted molar refractivity (Wildman–Crippen MR) is 89.0 cm³/mol. The summed E-state index contributed by atoms with van der Waals surface area (Å²) in [6.45, 7) is 10.3. The molecule has 126 valence electrons. The summed E-state index contributed by atoms with van der Waals surface area (Å²) in [6, 6.07) is 4.09. The van der Waals surface area contributed by atoms with Crippen LogP contribution in [0.2, 0.25) is 0 Å². The van der Waals surface area contributed by atoms with Crippen molar-refractivity contribution in [2.45, 2.75) is 27.3 Å². The maximum Gasteiger partial charge on any atom is 0.230 e. The van der Waals surface area contributed by atoms with Crippen molar-refractivity contribution in [3.63, 3.8) is 0 Å². The molecule has 4 rings (SSSR count). The lowest BCUT2D eigenvalue weighted by Gasteiger charge is -2.34. The Morgan fingerprint density at radius 2 is 1.83 bits per heavy atom. The van der Waals surface area contributed by atoms with Crippen molar-refractivity contribution >= 4 is 11.5 Å². The zero-order valence-electron chi connectivity index (χ0n) is 14.2. The van der Waals surface area contributed by atoms with Gasteiger partial charge in [-0.1, -0.05) is 0 Å². The molecule has 0 bridgehead atoms. The summed E-state index contributed by atoms with van der Waals surface area (Å²) >= 11 is 0. The number of aryl methyl sites for hydroxylation is 3. The SMILES string of the molecule is Cc1nnc(CN2CCN(c3ccc4nc(C)c(C)n4n3)CC2)o1. The van der Waals surface area contributed by atoms with Crippen LogP contribution in [-0.4, -0.2) is 55.9 Å². The highest BCUT2D eigenvalue weighted by Gasteiger charge is 2.20. The summed E-state index contributed by atoms with van der Waals surface area (Å²) in [5, 5.41) is 12.7. The third-order valence-electron chi connectivity index (χ3n) is 4.55. The maximum absolute atomic E-state index is 5.46. The Labute approximate surface area is 140 Å². The van der Waals surface area contributed by atoms with Gasteiger partial charge < -0.3 is 9.32 Å². The molecule has 0 N–H and O–H groups in total. The predicted octanol–water partition coefficient (Wildman–Crippen LogP) is 1.36. The van der Waals surface area contributed by atoms with E-state index in [1.165, 1.54) is 0 Å². The van der Waals surface area contributed by atoms with Crippen LogP contribution in [0, 0.1) is 20.8 Å². The Balaban J connectivity index is 1.44. The van der Waals surface area contributed by atoms with Crippen LogP contribution in [0.5, 0.6) is 0 Å². The van der Waals surface area contributed by atoms with E-state index >= 15 is 0 Å². The minimum atomic E-state index is 0.618. The molecule has 8 heteroatoms. The van der Waals surface area contributed by atoms with E-state index in [0.29, 0.717) is 18.3 Å². The first-order chi connectivity index (χ1) is 11.6. The van der Waals surface area contributed by atoms with E-state index < -0.39 is 0 Å². The normalized spacial score (nSPS) is 16.2. The summed E-state index contributed by atoms with van der Waals surface area (Å²) in [7, 11) is 0. The highest BCUT2D eigenvalue weighted by Crippen LogP contribution is 2.17. The number of aromatic nitrogens is 5. The van der Waals surface area contributed by atoms with E-state index in [4.69, 9.17) is 9.52 Å². The van der Waals surface area contributed by atoms with Crippen molar-refractivity contribution in [3.8, 4) is 0 Å². The molecule has 1 fully saturated rings. The topological polar surface area (TPSA) is 75.6 Å². The van der Waals surface area contributed by atoms with E-state index in [9.17, 15) is 0 Å². The second-order valence-electron chi connectivity index (χ2n) is 6.22. The van der Waals surface area contributed by atoms with Gasteiger partial charge in [-0.3, -0.25) is 4.90 Å². The van der Waals surface area contributed by atoms with Gasteiger partial charge in [0.15, 0.2) is 5.65 Å². The number of piperazine rings is 1. The first-order valence-electron chi connectivity index (χ1n) is 8.19. The standard InChI is InChI=1S/C16H21N7O/c1-11-12(2)23-14(17-11)4-5-15(20-23)22-8-6-21(7-9-22)10-16-19-18-13(3)24-16/h4-5H,6-10H2,1-3H3. The van der Waals surface area contributed by atoms with Crippen molar-refractivity contribution in [2.75, 3.05) is 31.1 Å². The third-order valence-corrected chi connectivity index (χ3v) is 4.55. The van der Waals surface area contributed by atoms with Gasteiger partial charge in [0.25, 0.3) is 0 Å². The molecule has 0 atom stereocenters. The van der Waals surface area contributed by atoms with Crippen LogP contribution in [0.3, 0.4) is 0 Å². The third kappa shape index (κ3) is 2.73. The quantitative estimate of drug-likeness (QED) is 0.719. The molecule has 1 aliphatic heterocycles. The Morgan fingerprint density at radius 1 is 1.04 bits per heavy atom. The van der Waals surface area contributed by atoms with Crippen molar-refractivity contribution in [1.82, 2.24) is 29.7 Å². The Morgan fingerprint density at radius 3 is 2.54 bits per heavy atom. The van der Waals surface area contributed by atoms with Crippen molar-refractivity contribution < 1.29 is 4.42 Å². The molecule has 0 amide bonds. The zero-order chi connectivity index (χ0) is 16.7. The molecule has 0 unspecified atom stereocenters. The molecule has 1 aliphatic rings. The van der Waals surface area contributed by atoms with Crippen molar-refractivity contribution in [3.05, 3.63) is 35.3 Å². The second kappa shape index (κ2) is 5.86. The van der Waals surface area contributed by atoms with Crippen LogP contribution >= 0.6 is 0 Å². The average Bonchev–Trinajstić information content (AvgIpc) is 3.12. The molecule has 0 aliphatic carbocycles. The zero-order valence-corrected chi connectivity index (χ0v) is 14.2.